The van der Waals surface area contributed by atoms with Crippen molar-refractivity contribution in [3.8, 4) is 0 Å². The largest absolute Gasteiger partial charge is 0.383 e. The minimum absolute atomic E-state index is 0.0139. The summed E-state index contributed by atoms with van der Waals surface area (Å²) in [5.41, 5.74) is 0.0630. The van der Waals surface area contributed by atoms with Crippen LogP contribution in [-0.2, 0) is 0 Å². The van der Waals surface area contributed by atoms with Crippen molar-refractivity contribution in [3.63, 3.8) is 0 Å². The highest BCUT2D eigenvalue weighted by molar-refractivity contribution is 6.09. The second-order valence-corrected chi connectivity index (χ2v) is 4.26. The summed E-state index contributed by atoms with van der Waals surface area (Å²) >= 11 is 0. The molecule has 7 nitrogen and oxygen atoms in total. The topological polar surface area (TPSA) is 88.4 Å². The highest BCUT2D eigenvalue weighted by Crippen LogP contribution is 2.29. The number of rotatable bonds is 4. The maximum Gasteiger partial charge on any atom is 0.305 e. The molecule has 0 unspecified atom stereocenters. The monoisotopic (exact) mass is 286 g/mol. The van der Waals surface area contributed by atoms with Crippen LogP contribution in [0.4, 0.5) is 17.2 Å². The van der Waals surface area contributed by atoms with Gasteiger partial charge < -0.3 is 5.32 Å². The Balaban J connectivity index is 2.47. The fourth-order valence-corrected chi connectivity index (χ4v) is 1.95. The number of nitro groups is 1. The summed E-state index contributed by atoms with van der Waals surface area (Å²) in [5.74, 6) is -0.0656. The zero-order chi connectivity index (χ0) is 15.4. The SMILES string of the molecule is CNc1cccc(C(=O)N(C)c2ccccn2)c1[N+](=O)[O-]. The molecule has 0 bridgehead atoms. The summed E-state index contributed by atoms with van der Waals surface area (Å²) in [7, 11) is 3.10. The Labute approximate surface area is 121 Å². The lowest BCUT2D eigenvalue weighted by Crippen LogP contribution is -2.27. The second kappa shape index (κ2) is 6.00. The minimum atomic E-state index is -0.564. The van der Waals surface area contributed by atoms with E-state index in [0.717, 1.165) is 0 Å². The maximum absolute atomic E-state index is 12.5. The Morgan fingerprint density at radius 3 is 2.62 bits per heavy atom. The van der Waals surface area contributed by atoms with E-state index < -0.39 is 10.8 Å². The fraction of sp³-hybridized carbons (Fsp3) is 0.143. The Morgan fingerprint density at radius 2 is 2.05 bits per heavy atom. The van der Waals surface area contributed by atoms with Crippen molar-refractivity contribution < 1.29 is 9.72 Å². The van der Waals surface area contributed by atoms with Crippen LogP contribution >= 0.6 is 0 Å². The average Bonchev–Trinajstić information content (AvgIpc) is 2.53. The molecule has 2 rings (SSSR count). The van der Waals surface area contributed by atoms with Gasteiger partial charge in [-0.25, -0.2) is 4.98 Å². The van der Waals surface area contributed by atoms with Crippen LogP contribution in [0.5, 0.6) is 0 Å². The van der Waals surface area contributed by atoms with E-state index in [1.54, 1.807) is 43.6 Å². The number of nitro benzene ring substituents is 1. The smallest absolute Gasteiger partial charge is 0.305 e. The fourth-order valence-electron chi connectivity index (χ4n) is 1.95. The quantitative estimate of drug-likeness (QED) is 0.688. The number of hydrogen-bond acceptors (Lipinski definition) is 5. The van der Waals surface area contributed by atoms with E-state index in [9.17, 15) is 14.9 Å². The first kappa shape index (κ1) is 14.4. The lowest BCUT2D eigenvalue weighted by Gasteiger charge is -2.16. The van der Waals surface area contributed by atoms with Gasteiger partial charge in [-0.1, -0.05) is 12.1 Å². The van der Waals surface area contributed by atoms with Crippen LogP contribution < -0.4 is 10.2 Å². The Hall–Kier alpha value is -2.96. The predicted octanol–water partition coefficient (Wildman–Crippen LogP) is 2.31. The number of nitrogens with zero attached hydrogens (tertiary/aromatic N) is 3. The molecule has 0 saturated heterocycles. The van der Waals surface area contributed by atoms with E-state index in [-0.39, 0.29) is 11.3 Å². The van der Waals surface area contributed by atoms with Gasteiger partial charge in [0.2, 0.25) is 0 Å². The first-order chi connectivity index (χ1) is 10.1. The van der Waals surface area contributed by atoms with Crippen LogP contribution in [0.2, 0.25) is 0 Å². The number of carbonyl (C=O) groups excluding carboxylic acids is 1. The molecule has 0 radical (unpaired) electrons. The van der Waals surface area contributed by atoms with Gasteiger partial charge in [0, 0.05) is 20.3 Å². The van der Waals surface area contributed by atoms with Crippen molar-refractivity contribution in [1.82, 2.24) is 4.98 Å². The van der Waals surface area contributed by atoms with E-state index in [0.29, 0.717) is 11.5 Å². The average molecular weight is 286 g/mol. The van der Waals surface area contributed by atoms with Gasteiger partial charge in [0.05, 0.1) is 4.92 Å². The Morgan fingerprint density at radius 1 is 1.29 bits per heavy atom. The zero-order valence-electron chi connectivity index (χ0n) is 11.6. The summed E-state index contributed by atoms with van der Waals surface area (Å²) < 4.78 is 0. The molecule has 1 aromatic carbocycles. The molecule has 1 heterocycles. The number of nitrogens with one attached hydrogen (secondary N) is 1. The Kier molecular flexibility index (Phi) is 4.13. The first-order valence-corrected chi connectivity index (χ1v) is 6.20. The molecule has 108 valence electrons. The molecule has 0 atom stereocenters. The van der Waals surface area contributed by atoms with Crippen LogP contribution in [0.3, 0.4) is 0 Å². The summed E-state index contributed by atoms with van der Waals surface area (Å²) in [5, 5.41) is 14.0. The van der Waals surface area contributed by atoms with E-state index in [4.69, 9.17) is 0 Å². The summed E-state index contributed by atoms with van der Waals surface area (Å²) in [6, 6.07) is 9.71. The zero-order valence-corrected chi connectivity index (χ0v) is 11.6. The van der Waals surface area contributed by atoms with Crippen molar-refractivity contribution in [2.45, 2.75) is 0 Å². The van der Waals surface area contributed by atoms with E-state index in [1.807, 2.05) is 0 Å². The highest BCUT2D eigenvalue weighted by atomic mass is 16.6. The third kappa shape index (κ3) is 2.81. The van der Waals surface area contributed by atoms with Gasteiger partial charge in [-0.2, -0.15) is 0 Å². The van der Waals surface area contributed by atoms with Crippen LogP contribution in [0.15, 0.2) is 42.6 Å². The number of pyridine rings is 1. The molecule has 1 N–H and O–H groups in total. The van der Waals surface area contributed by atoms with Crippen molar-refractivity contribution in [3.05, 3.63) is 58.3 Å². The van der Waals surface area contributed by atoms with Gasteiger partial charge in [0.15, 0.2) is 0 Å². The first-order valence-electron chi connectivity index (χ1n) is 6.20. The van der Waals surface area contributed by atoms with Gasteiger partial charge >= 0.3 is 5.69 Å². The third-order valence-electron chi connectivity index (χ3n) is 3.02. The van der Waals surface area contributed by atoms with Crippen molar-refractivity contribution >= 4 is 23.1 Å². The van der Waals surface area contributed by atoms with Gasteiger partial charge in [0.25, 0.3) is 5.91 Å². The van der Waals surface area contributed by atoms with Crippen molar-refractivity contribution in [2.24, 2.45) is 0 Å². The normalized spacial score (nSPS) is 10.0. The molecular formula is C14H14N4O3. The molecule has 1 aromatic heterocycles. The molecular weight excluding hydrogens is 272 g/mol. The lowest BCUT2D eigenvalue weighted by atomic mass is 10.1. The molecule has 0 fully saturated rings. The predicted molar refractivity (Wildman–Crippen MR) is 79.6 cm³/mol. The standard InChI is InChI=1S/C14H14N4O3/c1-15-11-7-5-6-10(13(11)18(20)21)14(19)17(2)12-8-3-4-9-16-12/h3-9,15H,1-2H3. The van der Waals surface area contributed by atoms with Gasteiger partial charge in [-0.05, 0) is 24.3 Å². The molecule has 0 aliphatic rings. The van der Waals surface area contributed by atoms with Crippen LogP contribution in [0, 0.1) is 10.1 Å². The molecule has 2 aromatic rings. The summed E-state index contributed by atoms with van der Waals surface area (Å²) in [4.78, 5) is 28.5. The molecule has 0 saturated carbocycles. The molecule has 21 heavy (non-hydrogen) atoms. The van der Waals surface area contributed by atoms with Crippen LogP contribution in [-0.4, -0.2) is 29.9 Å². The number of hydrogen-bond donors (Lipinski definition) is 1. The van der Waals surface area contributed by atoms with Crippen molar-refractivity contribution in [2.75, 3.05) is 24.3 Å². The van der Waals surface area contributed by atoms with Gasteiger partial charge in [-0.15, -0.1) is 0 Å². The molecule has 1 amide bonds. The van der Waals surface area contributed by atoms with Gasteiger partial charge in [0.1, 0.15) is 17.1 Å². The number of amides is 1. The molecule has 0 aliphatic heterocycles. The minimum Gasteiger partial charge on any atom is -0.383 e. The van der Waals surface area contributed by atoms with Crippen molar-refractivity contribution in [1.29, 1.82) is 0 Å². The highest BCUT2D eigenvalue weighted by Gasteiger charge is 2.26. The van der Waals surface area contributed by atoms with E-state index in [2.05, 4.69) is 10.3 Å². The number of aromatic nitrogens is 1. The maximum atomic E-state index is 12.5. The second-order valence-electron chi connectivity index (χ2n) is 4.26. The van der Waals surface area contributed by atoms with Crippen LogP contribution in [0.25, 0.3) is 0 Å². The van der Waals surface area contributed by atoms with Gasteiger partial charge in [-0.3, -0.25) is 19.8 Å². The third-order valence-corrected chi connectivity index (χ3v) is 3.02. The van der Waals surface area contributed by atoms with E-state index >= 15 is 0 Å². The molecule has 7 heteroatoms. The number of carbonyl (C=O) groups is 1. The number of para-hydroxylation sites is 1. The van der Waals surface area contributed by atoms with E-state index in [1.165, 1.54) is 18.0 Å². The summed E-state index contributed by atoms with van der Waals surface area (Å²) in [6.07, 6.45) is 1.55. The Bertz CT molecular complexity index is 673. The summed E-state index contributed by atoms with van der Waals surface area (Å²) in [6.45, 7) is 0. The van der Waals surface area contributed by atoms with Crippen LogP contribution in [0.1, 0.15) is 10.4 Å². The molecule has 0 spiro atoms. The molecule has 0 aliphatic carbocycles. The number of anilines is 2. The lowest BCUT2D eigenvalue weighted by molar-refractivity contribution is -0.384. The number of benzene rings is 1.